The van der Waals surface area contributed by atoms with E-state index in [-0.39, 0.29) is 18.0 Å². The van der Waals surface area contributed by atoms with E-state index >= 15 is 0 Å². The van der Waals surface area contributed by atoms with Crippen molar-refractivity contribution in [3.05, 3.63) is 24.3 Å². The van der Waals surface area contributed by atoms with Gasteiger partial charge in [0.25, 0.3) is 0 Å². The van der Waals surface area contributed by atoms with Crippen LogP contribution in [0.25, 0.3) is 0 Å². The summed E-state index contributed by atoms with van der Waals surface area (Å²) >= 11 is 0. The van der Waals surface area contributed by atoms with Crippen LogP contribution in [0.5, 0.6) is 0 Å². The van der Waals surface area contributed by atoms with Crippen LogP contribution in [0.1, 0.15) is 33.6 Å². The number of nitrogens with one attached hydrogen (secondary N) is 2. The van der Waals surface area contributed by atoms with Crippen LogP contribution in [0.2, 0.25) is 0 Å². The normalized spacial score (nSPS) is 12.1. The zero-order valence-electron chi connectivity index (χ0n) is 13.2. The summed E-state index contributed by atoms with van der Waals surface area (Å²) in [6, 6.07) is 8.07. The van der Waals surface area contributed by atoms with Gasteiger partial charge in [-0.3, -0.25) is 4.79 Å². The van der Waals surface area contributed by atoms with Gasteiger partial charge in [0, 0.05) is 31.5 Å². The van der Waals surface area contributed by atoms with E-state index in [0.717, 1.165) is 24.2 Å². The summed E-state index contributed by atoms with van der Waals surface area (Å²) in [6.07, 6.45) is 1.93. The van der Waals surface area contributed by atoms with E-state index in [1.807, 2.05) is 50.2 Å². The second kappa shape index (κ2) is 7.78. The smallest absolute Gasteiger partial charge is 0.242 e. The Kier molecular flexibility index (Phi) is 6.36. The van der Waals surface area contributed by atoms with E-state index in [0.29, 0.717) is 0 Å². The standard InChI is InChI=1S/C16H27N3O/c1-6-13(7-2)18-16(20)12(3)17-14-9-8-10-15(11-14)19(4)5/h8-13,17H,6-7H2,1-5H3,(H,18,20). The van der Waals surface area contributed by atoms with Gasteiger partial charge in [-0.15, -0.1) is 0 Å². The molecule has 2 N–H and O–H groups in total. The lowest BCUT2D eigenvalue weighted by Crippen LogP contribution is -2.42. The summed E-state index contributed by atoms with van der Waals surface area (Å²) in [5, 5.41) is 6.31. The number of carbonyl (C=O) groups is 1. The molecule has 1 aromatic rings. The first-order chi connectivity index (χ1) is 9.47. The number of amides is 1. The number of hydrogen-bond acceptors (Lipinski definition) is 3. The van der Waals surface area contributed by atoms with Gasteiger partial charge >= 0.3 is 0 Å². The fourth-order valence-electron chi connectivity index (χ4n) is 2.01. The van der Waals surface area contributed by atoms with E-state index in [9.17, 15) is 4.79 Å². The molecule has 4 nitrogen and oxygen atoms in total. The molecule has 0 heterocycles. The average Bonchev–Trinajstić information content (AvgIpc) is 2.44. The summed E-state index contributed by atoms with van der Waals surface area (Å²) in [6.45, 7) is 6.07. The van der Waals surface area contributed by atoms with Crippen molar-refractivity contribution >= 4 is 17.3 Å². The van der Waals surface area contributed by atoms with Crippen molar-refractivity contribution in [1.82, 2.24) is 5.32 Å². The summed E-state index contributed by atoms with van der Waals surface area (Å²) in [5.41, 5.74) is 2.07. The van der Waals surface area contributed by atoms with Crippen LogP contribution in [-0.4, -0.2) is 32.1 Å². The van der Waals surface area contributed by atoms with E-state index in [4.69, 9.17) is 0 Å². The summed E-state index contributed by atoms with van der Waals surface area (Å²) in [7, 11) is 4.00. The van der Waals surface area contributed by atoms with E-state index < -0.39 is 0 Å². The molecule has 0 aliphatic rings. The molecular weight excluding hydrogens is 250 g/mol. The Balaban J connectivity index is 2.63. The predicted octanol–water partition coefficient (Wildman–Crippen LogP) is 2.86. The second-order valence-electron chi connectivity index (χ2n) is 5.33. The number of rotatable bonds is 7. The fraction of sp³-hybridized carbons (Fsp3) is 0.562. The minimum absolute atomic E-state index is 0.0500. The molecule has 1 aromatic carbocycles. The number of nitrogens with zero attached hydrogens (tertiary/aromatic N) is 1. The number of benzene rings is 1. The Morgan fingerprint density at radius 3 is 2.45 bits per heavy atom. The van der Waals surface area contributed by atoms with Gasteiger partial charge in [0.1, 0.15) is 6.04 Å². The number of anilines is 2. The average molecular weight is 277 g/mol. The molecule has 1 unspecified atom stereocenters. The fourth-order valence-corrected chi connectivity index (χ4v) is 2.01. The molecule has 0 saturated carbocycles. The maximum atomic E-state index is 12.1. The van der Waals surface area contributed by atoms with Crippen LogP contribution >= 0.6 is 0 Å². The number of carbonyl (C=O) groups excluding carboxylic acids is 1. The molecular formula is C16H27N3O. The third-order valence-corrected chi connectivity index (χ3v) is 3.47. The van der Waals surface area contributed by atoms with Crippen LogP contribution in [0.3, 0.4) is 0 Å². The molecule has 1 amide bonds. The lowest BCUT2D eigenvalue weighted by molar-refractivity contribution is -0.122. The molecule has 0 fully saturated rings. The first kappa shape index (κ1) is 16.3. The van der Waals surface area contributed by atoms with Gasteiger partial charge in [0.2, 0.25) is 5.91 Å². The Labute approximate surface area is 122 Å². The highest BCUT2D eigenvalue weighted by molar-refractivity contribution is 5.84. The Morgan fingerprint density at radius 1 is 1.25 bits per heavy atom. The molecule has 0 saturated heterocycles. The van der Waals surface area contributed by atoms with E-state index in [1.54, 1.807) is 0 Å². The van der Waals surface area contributed by atoms with E-state index in [1.165, 1.54) is 0 Å². The van der Waals surface area contributed by atoms with Crippen LogP contribution < -0.4 is 15.5 Å². The van der Waals surface area contributed by atoms with Crippen molar-refractivity contribution in [2.24, 2.45) is 0 Å². The third kappa shape index (κ3) is 4.76. The Bertz CT molecular complexity index is 427. The van der Waals surface area contributed by atoms with Crippen molar-refractivity contribution < 1.29 is 4.79 Å². The van der Waals surface area contributed by atoms with Crippen LogP contribution in [0.15, 0.2) is 24.3 Å². The summed E-state index contributed by atoms with van der Waals surface area (Å²) in [5.74, 6) is 0.0500. The minimum Gasteiger partial charge on any atom is -0.378 e. The van der Waals surface area contributed by atoms with Crippen LogP contribution in [-0.2, 0) is 4.79 Å². The van der Waals surface area contributed by atoms with Gasteiger partial charge in [0.05, 0.1) is 0 Å². The van der Waals surface area contributed by atoms with Crippen molar-refractivity contribution in [2.45, 2.75) is 45.7 Å². The number of hydrogen-bond donors (Lipinski definition) is 2. The van der Waals surface area contributed by atoms with Crippen LogP contribution in [0.4, 0.5) is 11.4 Å². The molecule has 4 heteroatoms. The predicted molar refractivity (Wildman–Crippen MR) is 86.4 cm³/mol. The maximum absolute atomic E-state index is 12.1. The quantitative estimate of drug-likeness (QED) is 0.805. The van der Waals surface area contributed by atoms with Crippen molar-refractivity contribution in [2.75, 3.05) is 24.3 Å². The van der Waals surface area contributed by atoms with E-state index in [2.05, 4.69) is 24.5 Å². The molecule has 20 heavy (non-hydrogen) atoms. The Morgan fingerprint density at radius 2 is 1.90 bits per heavy atom. The van der Waals surface area contributed by atoms with Crippen molar-refractivity contribution in [3.8, 4) is 0 Å². The molecule has 1 atom stereocenters. The first-order valence-electron chi connectivity index (χ1n) is 7.32. The summed E-state index contributed by atoms with van der Waals surface area (Å²) < 4.78 is 0. The SMILES string of the molecule is CCC(CC)NC(=O)C(C)Nc1cccc(N(C)C)c1. The molecule has 0 radical (unpaired) electrons. The molecule has 0 aromatic heterocycles. The lowest BCUT2D eigenvalue weighted by atomic mass is 10.1. The zero-order valence-corrected chi connectivity index (χ0v) is 13.2. The second-order valence-corrected chi connectivity index (χ2v) is 5.33. The lowest BCUT2D eigenvalue weighted by Gasteiger charge is -2.21. The maximum Gasteiger partial charge on any atom is 0.242 e. The molecule has 112 valence electrons. The Hall–Kier alpha value is -1.71. The van der Waals surface area contributed by atoms with Gasteiger partial charge in [0.15, 0.2) is 0 Å². The largest absolute Gasteiger partial charge is 0.378 e. The van der Waals surface area contributed by atoms with Crippen molar-refractivity contribution in [3.63, 3.8) is 0 Å². The van der Waals surface area contributed by atoms with Gasteiger partial charge in [-0.2, -0.15) is 0 Å². The first-order valence-corrected chi connectivity index (χ1v) is 7.32. The minimum atomic E-state index is -0.243. The topological polar surface area (TPSA) is 44.4 Å². The van der Waals surface area contributed by atoms with Gasteiger partial charge in [-0.1, -0.05) is 19.9 Å². The molecule has 1 rings (SSSR count). The van der Waals surface area contributed by atoms with Gasteiger partial charge in [-0.05, 0) is 38.0 Å². The van der Waals surface area contributed by atoms with Gasteiger partial charge in [-0.25, -0.2) is 0 Å². The van der Waals surface area contributed by atoms with Gasteiger partial charge < -0.3 is 15.5 Å². The zero-order chi connectivity index (χ0) is 15.1. The third-order valence-electron chi connectivity index (χ3n) is 3.47. The molecule has 0 spiro atoms. The van der Waals surface area contributed by atoms with Crippen LogP contribution in [0, 0.1) is 0 Å². The van der Waals surface area contributed by atoms with Crippen molar-refractivity contribution in [1.29, 1.82) is 0 Å². The molecule has 0 bridgehead atoms. The monoisotopic (exact) mass is 277 g/mol. The highest BCUT2D eigenvalue weighted by atomic mass is 16.2. The summed E-state index contributed by atoms with van der Waals surface area (Å²) in [4.78, 5) is 14.2. The highest BCUT2D eigenvalue weighted by Gasteiger charge is 2.15. The molecule has 0 aliphatic carbocycles. The molecule has 0 aliphatic heterocycles. The highest BCUT2D eigenvalue weighted by Crippen LogP contribution is 2.18.